The summed E-state index contributed by atoms with van der Waals surface area (Å²) in [6, 6.07) is 88.4. The van der Waals surface area contributed by atoms with Crippen LogP contribution in [0, 0.1) is 36.4 Å². The maximum Gasteiger partial charge on any atom is 3.00 e. The Hall–Kier alpha value is -10.8. The molecule has 0 fully saturated rings. The first kappa shape index (κ1) is 83.3. The number of allylic oxidation sites excluding steroid dienone is 1. The van der Waals surface area contributed by atoms with Gasteiger partial charge in [-0.25, -0.2) is 9.59 Å². The molecule has 0 unspecified atom stereocenters. The third-order valence-corrected chi connectivity index (χ3v) is 12.0. The summed E-state index contributed by atoms with van der Waals surface area (Å²) in [7, 11) is 0. The normalized spacial score (nSPS) is 9.18. The fourth-order valence-corrected chi connectivity index (χ4v) is 7.04. The number of pyridine rings is 6. The first-order chi connectivity index (χ1) is 46.6. The molecule has 0 radical (unpaired) electrons. The van der Waals surface area contributed by atoms with E-state index in [1.54, 1.807) is 106 Å². The molecule has 6 heterocycles. The fraction of sp³-hybridized carbons (Fsp3) is 0.0854. The molecule has 0 atom stereocenters. The van der Waals surface area contributed by atoms with Crippen LogP contribution in [0.25, 0.3) is 67.5 Å². The van der Waals surface area contributed by atoms with Gasteiger partial charge in [-0.15, -0.1) is 191 Å². The van der Waals surface area contributed by atoms with Crippen molar-refractivity contribution in [2.45, 2.75) is 48.5 Å². The molecule has 12 aromatic rings. The minimum absolute atomic E-state index is 0. The van der Waals surface area contributed by atoms with Gasteiger partial charge in [-0.1, -0.05) is 120 Å². The predicted molar refractivity (Wildman–Crippen MR) is 384 cm³/mol. The first-order valence-electron chi connectivity index (χ1n) is 30.1. The molecular weight excluding hydrogens is 1600 g/mol. The van der Waals surface area contributed by atoms with E-state index in [4.69, 9.17) is 31.3 Å². The van der Waals surface area contributed by atoms with Gasteiger partial charge in [0.2, 0.25) is 5.24 Å². The molecule has 0 amide bonds. The van der Waals surface area contributed by atoms with Crippen molar-refractivity contribution in [3.63, 3.8) is 0 Å². The van der Waals surface area contributed by atoms with Gasteiger partial charge in [0.1, 0.15) is 0 Å². The summed E-state index contributed by atoms with van der Waals surface area (Å²) in [6.07, 6.45) is 10.5. The maximum atomic E-state index is 11.3. The summed E-state index contributed by atoms with van der Waals surface area (Å²) in [6.45, 7) is 23.1. The van der Waals surface area contributed by atoms with Crippen LogP contribution in [0.15, 0.2) is 304 Å². The number of rotatable bonds is 11. The van der Waals surface area contributed by atoms with Gasteiger partial charge in [0.25, 0.3) is 0 Å². The van der Waals surface area contributed by atoms with Crippen molar-refractivity contribution in [3.05, 3.63) is 341 Å². The minimum Gasteiger partial charge on any atom is -0.551 e. The summed E-state index contributed by atoms with van der Waals surface area (Å²) in [5.41, 5.74) is 12.0. The number of carbonyl (C=O) groups is 3. The van der Waals surface area contributed by atoms with Crippen molar-refractivity contribution in [2.24, 2.45) is 0 Å². The molecule has 12 rings (SSSR count). The molecule has 6 aromatic heterocycles. The molecule has 0 spiro atoms. The van der Waals surface area contributed by atoms with E-state index in [0.717, 1.165) is 67.5 Å². The minimum atomic E-state index is -0.463. The van der Waals surface area contributed by atoms with E-state index in [1.165, 1.54) is 12.1 Å². The molecule has 6 aromatic carbocycles. The van der Waals surface area contributed by atoms with E-state index in [2.05, 4.69) is 86.0 Å². The second-order valence-electron chi connectivity index (χ2n) is 19.0. The zero-order valence-corrected chi connectivity index (χ0v) is 60.7. The van der Waals surface area contributed by atoms with Crippen LogP contribution in [-0.2, 0) is 54.6 Å². The number of aromatic hydroxyl groups is 2. The van der Waals surface area contributed by atoms with E-state index < -0.39 is 17.2 Å². The number of halogens is 1. The van der Waals surface area contributed by atoms with Gasteiger partial charge in [0.15, 0.2) is 0 Å². The Labute approximate surface area is 608 Å². The van der Waals surface area contributed by atoms with Crippen molar-refractivity contribution in [3.8, 4) is 90.5 Å². The standard InChI is InChI=1S/2C15H12NO2.2C11H8NO.2C11H8N.C4H5ClO.2C2H6.2Ir/c2*1-11(2)15(17)18-13-8-6-12(7-9-13)14-5-3-4-10-16-14;2*13-10-6-4-9(5-7-10)11-3-1-2-8-12-11;2*1-2-6-10(7-3-1)11-8-4-5-9-12-11;1-3(2)4(5)6;2*1-2;;/h2*3-6,8-10H,1H2,2H3;2*1-4,6-8,13H;2*1-6,8-9H;1H2,2H3;2*1-2H3;;/q6*-1;;;;2*+3. The Balaban J connectivity index is 0.000000390. The number of aromatic nitrogens is 6. The van der Waals surface area contributed by atoms with Crippen LogP contribution in [0.4, 0.5) is 0 Å². The van der Waals surface area contributed by atoms with Crippen LogP contribution in [0.1, 0.15) is 48.5 Å². The zero-order chi connectivity index (χ0) is 69.7. The third-order valence-electron chi connectivity index (χ3n) is 11.7. The van der Waals surface area contributed by atoms with Crippen LogP contribution in [0.2, 0.25) is 0 Å². The van der Waals surface area contributed by atoms with Gasteiger partial charge in [0.05, 0.1) is 0 Å². The molecule has 2 N–H and O–H groups in total. The van der Waals surface area contributed by atoms with E-state index in [0.29, 0.717) is 28.2 Å². The van der Waals surface area contributed by atoms with Crippen LogP contribution >= 0.6 is 11.6 Å². The summed E-state index contributed by atoms with van der Waals surface area (Å²) in [5.74, 6) is 0.465. The summed E-state index contributed by atoms with van der Waals surface area (Å²) >= 11 is 4.87. The molecule has 0 aliphatic heterocycles. The smallest absolute Gasteiger partial charge is 0.551 e. The average Bonchev–Trinajstić information content (AvgIpc) is 1.21. The summed E-state index contributed by atoms with van der Waals surface area (Å²) < 4.78 is 10.2. The Bertz CT molecular complexity index is 3810. The third kappa shape index (κ3) is 32.1. The largest absolute Gasteiger partial charge is 3.00 e. The average molecular weight is 1670 g/mol. The number of nitrogens with zero attached hydrogens (tertiary/aromatic N) is 6. The SMILES string of the molecule is C=C(C)C(=O)Cl.C=C(C)C(=O)Oc1c[c-]c(-c2ccccn2)cc1.C=C(C)C(=O)Oc1c[c-]c(-c2ccccn2)cc1.CC.CC.Oc1c[c-]c(-c2ccccn2)cc1.Oc1c[c-]c(-c2ccccn2)cc1.[Ir+3].[Ir+3].[c-]1ccccc1-c1ccccn1.[c-]1ccccc1-c1ccccn1. The van der Waals surface area contributed by atoms with Gasteiger partial charge < -0.3 is 49.6 Å². The number of phenolic OH excluding ortho intramolecular Hbond substituents is 2. The van der Waals surface area contributed by atoms with Crippen molar-refractivity contribution < 1.29 is 74.3 Å². The molecule has 98 heavy (non-hydrogen) atoms. The van der Waals surface area contributed by atoms with E-state index in [-0.39, 0.29) is 51.7 Å². The fourth-order valence-electron chi connectivity index (χ4n) is 7.04. The molecule has 0 saturated heterocycles. The van der Waals surface area contributed by atoms with Crippen LogP contribution in [-0.4, -0.2) is 57.3 Å². The summed E-state index contributed by atoms with van der Waals surface area (Å²) in [5, 5.41) is 17.6. The number of hydrogen-bond acceptors (Lipinski definition) is 13. The van der Waals surface area contributed by atoms with Crippen molar-refractivity contribution in [1.29, 1.82) is 0 Å². The van der Waals surface area contributed by atoms with E-state index in [1.807, 2.05) is 198 Å². The number of carbonyl (C=O) groups excluding carboxylic acids is 3. The van der Waals surface area contributed by atoms with Gasteiger partial charge in [-0.2, -0.15) is 0 Å². The molecule has 498 valence electrons. The zero-order valence-electron chi connectivity index (χ0n) is 55.2. The topological polar surface area (TPSA) is 187 Å². The Kier molecular flexibility index (Phi) is 41.5. The number of esters is 2. The molecule has 16 heteroatoms. The number of benzene rings is 6. The molecule has 0 aliphatic rings. The number of phenols is 2. The molecule has 13 nitrogen and oxygen atoms in total. The second kappa shape index (κ2) is 48.9. The molecule has 0 aliphatic carbocycles. The number of hydrogen-bond donors (Lipinski definition) is 2. The van der Waals surface area contributed by atoms with Crippen molar-refractivity contribution in [1.82, 2.24) is 29.9 Å². The van der Waals surface area contributed by atoms with Gasteiger partial charge >= 0.3 is 52.1 Å². The van der Waals surface area contributed by atoms with Gasteiger partial charge in [-0.3, -0.25) is 4.79 Å². The predicted octanol–water partition coefficient (Wildman–Crippen LogP) is 19.0. The van der Waals surface area contributed by atoms with Gasteiger partial charge in [0, 0.05) is 76.9 Å². The first-order valence-corrected chi connectivity index (χ1v) is 30.5. The molecule has 0 saturated carbocycles. The van der Waals surface area contributed by atoms with E-state index in [9.17, 15) is 14.4 Å². The van der Waals surface area contributed by atoms with Crippen LogP contribution in [0.5, 0.6) is 23.0 Å². The summed E-state index contributed by atoms with van der Waals surface area (Å²) in [4.78, 5) is 57.6. The number of ether oxygens (including phenoxy) is 2. The molecular formula is C82H73ClIr2N6O7. The monoisotopic (exact) mass is 1670 g/mol. The van der Waals surface area contributed by atoms with E-state index >= 15 is 0 Å². The Morgan fingerprint density at radius 1 is 0.337 bits per heavy atom. The maximum absolute atomic E-state index is 11.3. The van der Waals surface area contributed by atoms with Crippen LogP contribution < -0.4 is 9.47 Å². The van der Waals surface area contributed by atoms with Crippen molar-refractivity contribution in [2.75, 3.05) is 0 Å². The molecule has 0 bridgehead atoms. The van der Waals surface area contributed by atoms with Crippen molar-refractivity contribution >= 4 is 28.8 Å². The Morgan fingerprint density at radius 3 is 0.745 bits per heavy atom. The Morgan fingerprint density at radius 2 is 0.571 bits per heavy atom. The van der Waals surface area contributed by atoms with Crippen LogP contribution in [0.3, 0.4) is 0 Å². The quantitative estimate of drug-likeness (QED) is 0.0410. The van der Waals surface area contributed by atoms with Gasteiger partial charge in [-0.05, 0) is 103 Å². The second-order valence-corrected chi connectivity index (χ2v) is 19.4.